The third-order valence-corrected chi connectivity index (χ3v) is 0.679. The van der Waals surface area contributed by atoms with Crippen molar-refractivity contribution in [3.8, 4) is 0 Å². The molecule has 0 N–H and O–H groups in total. The summed E-state index contributed by atoms with van der Waals surface area (Å²) in [5, 5.41) is 2.54. The number of hydrogen-bond donors (Lipinski definition) is 0. The summed E-state index contributed by atoms with van der Waals surface area (Å²) in [7, 11) is 0.964. The molecule has 0 aliphatic heterocycles. The van der Waals surface area contributed by atoms with Crippen LogP contribution in [-0.4, -0.2) is 25.8 Å². The molecular formula is C4H4F5NO2. The van der Waals surface area contributed by atoms with Crippen LogP contribution in [0.5, 0.6) is 0 Å². The summed E-state index contributed by atoms with van der Waals surface area (Å²) in [5.41, 5.74) is 0. The lowest BCUT2D eigenvalue weighted by molar-refractivity contribution is -0.364. The molecule has 3 nitrogen and oxygen atoms in total. The molecule has 12 heavy (non-hydrogen) atoms. The third-order valence-electron chi connectivity index (χ3n) is 0.679. The van der Waals surface area contributed by atoms with E-state index in [0.29, 0.717) is 0 Å². The molecule has 0 bridgehead atoms. The molecule has 0 radical (unpaired) electrons. The van der Waals surface area contributed by atoms with Crippen molar-refractivity contribution in [1.82, 2.24) is 0 Å². The van der Waals surface area contributed by atoms with Gasteiger partial charge in [0.15, 0.2) is 0 Å². The highest BCUT2D eigenvalue weighted by Crippen LogP contribution is 2.35. The van der Waals surface area contributed by atoms with Crippen LogP contribution in [0.15, 0.2) is 5.16 Å². The molecule has 0 aromatic heterocycles. The summed E-state index contributed by atoms with van der Waals surface area (Å²) in [5.74, 6) is 0. The zero-order valence-corrected chi connectivity index (χ0v) is 5.73. The summed E-state index contributed by atoms with van der Waals surface area (Å²) in [4.78, 5) is 3.79. The van der Waals surface area contributed by atoms with Crippen molar-refractivity contribution in [3.05, 3.63) is 0 Å². The molecule has 0 saturated carbocycles. The molecule has 0 unspecified atom stereocenters. The van der Waals surface area contributed by atoms with E-state index in [2.05, 4.69) is 14.7 Å². The summed E-state index contributed by atoms with van der Waals surface area (Å²) in [6.07, 6.45) is -11.1. The Morgan fingerprint density at radius 3 is 2.00 bits per heavy atom. The Morgan fingerprint density at radius 1 is 1.17 bits per heavy atom. The molecule has 0 fully saturated rings. The van der Waals surface area contributed by atoms with Gasteiger partial charge >= 0.3 is 12.3 Å². The van der Waals surface area contributed by atoms with Crippen LogP contribution in [0.2, 0.25) is 0 Å². The molecule has 0 aromatic carbocycles. The van der Waals surface area contributed by atoms with Gasteiger partial charge in [-0.3, -0.25) is 0 Å². The summed E-state index contributed by atoms with van der Waals surface area (Å²) >= 11 is 0. The van der Waals surface area contributed by atoms with Crippen LogP contribution in [0.4, 0.5) is 22.0 Å². The van der Waals surface area contributed by atoms with Crippen molar-refractivity contribution in [3.63, 3.8) is 0 Å². The van der Waals surface area contributed by atoms with Gasteiger partial charge in [-0.15, -0.1) is 0 Å². The first-order chi connectivity index (χ1) is 5.31. The Morgan fingerprint density at radius 2 is 1.67 bits per heavy atom. The lowest BCUT2D eigenvalue weighted by Gasteiger charge is -2.16. The van der Waals surface area contributed by atoms with Crippen molar-refractivity contribution < 1.29 is 31.5 Å². The fourth-order valence-corrected chi connectivity index (χ4v) is 0.198. The van der Waals surface area contributed by atoms with E-state index in [1.807, 2.05) is 0 Å². The standard InChI is InChI=1S/C4H4F5NO2/c1-11-10-2-12-4(8,9)3(5,6)7/h2H,1H3/b10-2+. The molecule has 0 atom stereocenters. The third kappa shape index (κ3) is 2.89. The van der Waals surface area contributed by atoms with Crippen molar-refractivity contribution in [2.24, 2.45) is 5.16 Å². The molecule has 0 aromatic rings. The first kappa shape index (κ1) is 10.9. The minimum atomic E-state index is -5.76. The topological polar surface area (TPSA) is 30.8 Å². The predicted octanol–water partition coefficient (Wildman–Crippen LogP) is 1.75. The lowest BCUT2D eigenvalue weighted by Crippen LogP contribution is -2.38. The number of alkyl halides is 5. The minimum Gasteiger partial charge on any atom is -0.411 e. The fourth-order valence-electron chi connectivity index (χ4n) is 0.198. The number of ether oxygens (including phenoxy) is 1. The van der Waals surface area contributed by atoms with Crippen LogP contribution in [0.3, 0.4) is 0 Å². The van der Waals surface area contributed by atoms with Gasteiger partial charge in [0, 0.05) is 0 Å². The number of hydrogen-bond acceptors (Lipinski definition) is 3. The van der Waals surface area contributed by atoms with Crippen LogP contribution in [0.1, 0.15) is 0 Å². The van der Waals surface area contributed by atoms with Gasteiger partial charge in [-0.05, 0) is 0 Å². The second kappa shape index (κ2) is 3.55. The quantitative estimate of drug-likeness (QED) is 0.296. The summed E-state index contributed by atoms with van der Waals surface area (Å²) in [6.45, 7) is 0. The first-order valence-electron chi connectivity index (χ1n) is 2.48. The van der Waals surface area contributed by atoms with E-state index < -0.39 is 12.3 Å². The molecule has 0 amide bonds. The monoisotopic (exact) mass is 193 g/mol. The van der Waals surface area contributed by atoms with Gasteiger partial charge in [-0.25, -0.2) is 0 Å². The molecule has 72 valence electrons. The van der Waals surface area contributed by atoms with E-state index in [4.69, 9.17) is 0 Å². The first-order valence-corrected chi connectivity index (χ1v) is 2.48. The van der Waals surface area contributed by atoms with Crippen LogP contribution < -0.4 is 0 Å². The largest absolute Gasteiger partial charge is 0.499 e. The fraction of sp³-hybridized carbons (Fsp3) is 0.750. The summed E-state index contributed by atoms with van der Waals surface area (Å²) < 4.78 is 60.3. The van der Waals surface area contributed by atoms with Crippen LogP contribution in [0.25, 0.3) is 0 Å². The van der Waals surface area contributed by atoms with E-state index in [9.17, 15) is 22.0 Å². The van der Waals surface area contributed by atoms with E-state index in [1.54, 1.807) is 0 Å². The van der Waals surface area contributed by atoms with Gasteiger partial charge in [-0.1, -0.05) is 5.16 Å². The normalized spacial score (nSPS) is 13.5. The molecule has 0 saturated heterocycles. The Kier molecular flexibility index (Phi) is 3.23. The SMILES string of the molecule is CO/N=C/OC(F)(F)C(F)(F)F. The lowest BCUT2D eigenvalue weighted by atomic mass is 10.6. The van der Waals surface area contributed by atoms with E-state index in [-0.39, 0.29) is 6.40 Å². The molecule has 0 aliphatic rings. The van der Waals surface area contributed by atoms with Crippen molar-refractivity contribution in [2.45, 2.75) is 12.3 Å². The van der Waals surface area contributed by atoms with Gasteiger partial charge < -0.3 is 9.57 Å². The second-order valence-electron chi connectivity index (χ2n) is 1.53. The smallest absolute Gasteiger partial charge is 0.411 e. The van der Waals surface area contributed by atoms with Gasteiger partial charge in [0.05, 0.1) is 0 Å². The van der Waals surface area contributed by atoms with Gasteiger partial charge in [0.2, 0.25) is 6.40 Å². The highest BCUT2D eigenvalue weighted by molar-refractivity contribution is 5.45. The Balaban J connectivity index is 4.14. The molecule has 0 heterocycles. The van der Waals surface area contributed by atoms with Crippen molar-refractivity contribution in [2.75, 3.05) is 7.11 Å². The number of halogens is 5. The van der Waals surface area contributed by atoms with Gasteiger partial charge in [0.25, 0.3) is 0 Å². The van der Waals surface area contributed by atoms with Crippen LogP contribution >= 0.6 is 0 Å². The second-order valence-corrected chi connectivity index (χ2v) is 1.53. The molecule has 0 spiro atoms. The minimum absolute atomic E-state index is 0.131. The number of nitrogens with zero attached hydrogens (tertiary/aromatic N) is 1. The molecule has 0 rings (SSSR count). The highest BCUT2D eigenvalue weighted by Gasteiger charge is 2.60. The predicted molar refractivity (Wildman–Crippen MR) is 27.6 cm³/mol. The molecule has 0 aliphatic carbocycles. The Hall–Kier alpha value is -1.08. The maximum absolute atomic E-state index is 11.8. The Labute approximate surface area is 63.7 Å². The zero-order valence-electron chi connectivity index (χ0n) is 5.73. The van der Waals surface area contributed by atoms with Crippen molar-refractivity contribution in [1.29, 1.82) is 0 Å². The van der Waals surface area contributed by atoms with E-state index in [0.717, 1.165) is 7.11 Å². The summed E-state index contributed by atoms with van der Waals surface area (Å²) in [6, 6.07) is 0. The highest BCUT2D eigenvalue weighted by atomic mass is 19.4. The van der Waals surface area contributed by atoms with Crippen LogP contribution in [-0.2, 0) is 9.57 Å². The van der Waals surface area contributed by atoms with Gasteiger partial charge in [0.1, 0.15) is 7.11 Å². The van der Waals surface area contributed by atoms with Gasteiger partial charge in [-0.2, -0.15) is 22.0 Å². The van der Waals surface area contributed by atoms with E-state index >= 15 is 0 Å². The van der Waals surface area contributed by atoms with Crippen molar-refractivity contribution >= 4 is 6.40 Å². The zero-order chi connectivity index (χ0) is 9.83. The molecule has 8 heteroatoms. The maximum atomic E-state index is 11.8. The Bertz CT molecular complexity index is 165. The average Bonchev–Trinajstić information content (AvgIpc) is 1.85. The number of oxime groups is 1. The maximum Gasteiger partial charge on any atom is 0.499 e. The van der Waals surface area contributed by atoms with Crippen LogP contribution in [0, 0.1) is 0 Å². The number of rotatable bonds is 3. The molecular weight excluding hydrogens is 189 g/mol. The average molecular weight is 193 g/mol. The van der Waals surface area contributed by atoms with E-state index in [1.165, 1.54) is 0 Å².